The summed E-state index contributed by atoms with van der Waals surface area (Å²) < 4.78 is 37.2. The number of rotatable bonds is 2. The second-order valence-corrected chi connectivity index (χ2v) is 5.66. The Labute approximate surface area is 120 Å². The lowest BCUT2D eigenvalue weighted by Crippen LogP contribution is -2.39. The quantitative estimate of drug-likeness (QED) is 0.882. The standard InChI is InChI=1S/C14H16F3N3O/c15-14(16,17)11-5-4-9(7-18-11)20-13(21)12-10-3-1-2-8(10)6-19-12/h4-5,7-8,10,12,19H,1-3,6H2,(H,20,21). The molecule has 7 heteroatoms. The Kier molecular flexibility index (Phi) is 3.61. The lowest BCUT2D eigenvalue weighted by molar-refractivity contribution is -0.141. The van der Waals surface area contributed by atoms with E-state index in [2.05, 4.69) is 15.6 Å². The van der Waals surface area contributed by atoms with E-state index >= 15 is 0 Å². The summed E-state index contributed by atoms with van der Waals surface area (Å²) in [5.41, 5.74) is -0.674. The first kappa shape index (κ1) is 14.3. The van der Waals surface area contributed by atoms with Gasteiger partial charge in [0.15, 0.2) is 0 Å². The van der Waals surface area contributed by atoms with E-state index in [4.69, 9.17) is 0 Å². The van der Waals surface area contributed by atoms with Crippen LogP contribution in [0.2, 0.25) is 0 Å². The monoisotopic (exact) mass is 299 g/mol. The van der Waals surface area contributed by atoms with Crippen molar-refractivity contribution in [1.82, 2.24) is 10.3 Å². The number of anilines is 1. The maximum Gasteiger partial charge on any atom is 0.433 e. The summed E-state index contributed by atoms with van der Waals surface area (Å²) in [7, 11) is 0. The first-order chi connectivity index (χ1) is 9.95. The molecule has 1 aliphatic heterocycles. The molecule has 1 aliphatic carbocycles. The molecule has 1 saturated carbocycles. The number of nitrogens with one attached hydrogen (secondary N) is 2. The molecule has 1 amide bonds. The van der Waals surface area contributed by atoms with Crippen molar-refractivity contribution in [3.05, 3.63) is 24.0 Å². The van der Waals surface area contributed by atoms with Crippen molar-refractivity contribution in [3.63, 3.8) is 0 Å². The molecule has 0 radical (unpaired) electrons. The van der Waals surface area contributed by atoms with Gasteiger partial charge in [0.1, 0.15) is 5.69 Å². The van der Waals surface area contributed by atoms with E-state index < -0.39 is 11.9 Å². The van der Waals surface area contributed by atoms with E-state index in [-0.39, 0.29) is 17.6 Å². The lowest BCUT2D eigenvalue weighted by Gasteiger charge is -2.17. The number of carbonyl (C=O) groups excluding carboxylic acids is 1. The van der Waals surface area contributed by atoms with Gasteiger partial charge in [0, 0.05) is 0 Å². The molecule has 3 unspecified atom stereocenters. The molecular formula is C14H16F3N3O. The number of hydrogen-bond acceptors (Lipinski definition) is 3. The maximum absolute atomic E-state index is 12.4. The van der Waals surface area contributed by atoms with Crippen LogP contribution in [-0.4, -0.2) is 23.5 Å². The molecule has 21 heavy (non-hydrogen) atoms. The first-order valence-corrected chi connectivity index (χ1v) is 7.02. The van der Waals surface area contributed by atoms with E-state index in [9.17, 15) is 18.0 Å². The number of amides is 1. The highest BCUT2D eigenvalue weighted by molar-refractivity contribution is 5.95. The summed E-state index contributed by atoms with van der Waals surface area (Å²) >= 11 is 0. The van der Waals surface area contributed by atoms with Gasteiger partial charge in [0.2, 0.25) is 5.91 Å². The molecule has 0 bridgehead atoms. The minimum Gasteiger partial charge on any atom is -0.323 e. The van der Waals surface area contributed by atoms with Gasteiger partial charge >= 0.3 is 6.18 Å². The molecule has 2 aliphatic rings. The van der Waals surface area contributed by atoms with E-state index in [1.165, 1.54) is 6.07 Å². The van der Waals surface area contributed by atoms with Gasteiger partial charge in [-0.2, -0.15) is 13.2 Å². The second kappa shape index (κ2) is 5.29. The molecule has 2 N–H and O–H groups in total. The number of alkyl halides is 3. The minimum atomic E-state index is -4.47. The van der Waals surface area contributed by atoms with Gasteiger partial charge in [-0.25, -0.2) is 4.98 Å². The Hall–Kier alpha value is -1.63. The van der Waals surface area contributed by atoms with Crippen LogP contribution in [0.4, 0.5) is 18.9 Å². The molecule has 3 atom stereocenters. The Morgan fingerprint density at radius 1 is 1.33 bits per heavy atom. The molecule has 1 aromatic rings. The molecule has 4 nitrogen and oxygen atoms in total. The molecule has 2 fully saturated rings. The maximum atomic E-state index is 12.4. The van der Waals surface area contributed by atoms with Gasteiger partial charge < -0.3 is 10.6 Å². The average Bonchev–Trinajstić information content (AvgIpc) is 3.00. The zero-order valence-corrected chi connectivity index (χ0v) is 11.3. The van der Waals surface area contributed by atoms with Crippen molar-refractivity contribution in [2.24, 2.45) is 11.8 Å². The summed E-state index contributed by atoms with van der Waals surface area (Å²) in [4.78, 5) is 15.6. The Balaban J connectivity index is 1.65. The molecule has 0 aromatic carbocycles. The van der Waals surface area contributed by atoms with Crippen molar-refractivity contribution in [2.75, 3.05) is 11.9 Å². The van der Waals surface area contributed by atoms with Gasteiger partial charge in [-0.1, -0.05) is 6.42 Å². The third-order valence-corrected chi connectivity index (χ3v) is 4.35. The number of nitrogens with zero attached hydrogens (tertiary/aromatic N) is 1. The van der Waals surface area contributed by atoms with Gasteiger partial charge in [-0.3, -0.25) is 4.79 Å². The molecule has 3 rings (SSSR count). The third-order valence-electron chi connectivity index (χ3n) is 4.35. The largest absolute Gasteiger partial charge is 0.433 e. The molecule has 1 aromatic heterocycles. The first-order valence-electron chi connectivity index (χ1n) is 7.02. The van der Waals surface area contributed by atoms with Crippen LogP contribution in [0.1, 0.15) is 25.0 Å². The van der Waals surface area contributed by atoms with E-state index in [1.54, 1.807) is 0 Å². The van der Waals surface area contributed by atoms with Crippen LogP contribution in [0.25, 0.3) is 0 Å². The van der Waals surface area contributed by atoms with Crippen LogP contribution in [0.15, 0.2) is 18.3 Å². The van der Waals surface area contributed by atoms with Crippen LogP contribution >= 0.6 is 0 Å². The Morgan fingerprint density at radius 2 is 2.14 bits per heavy atom. The number of hydrogen-bond donors (Lipinski definition) is 2. The summed E-state index contributed by atoms with van der Waals surface area (Å²) in [6.45, 7) is 0.841. The highest BCUT2D eigenvalue weighted by Crippen LogP contribution is 2.38. The fourth-order valence-electron chi connectivity index (χ4n) is 3.33. The summed E-state index contributed by atoms with van der Waals surface area (Å²) in [5, 5.41) is 5.85. The van der Waals surface area contributed by atoms with Crippen molar-refractivity contribution in [3.8, 4) is 0 Å². The fraction of sp³-hybridized carbons (Fsp3) is 0.571. The number of aromatic nitrogens is 1. The van der Waals surface area contributed by atoms with Crippen molar-refractivity contribution >= 4 is 11.6 Å². The SMILES string of the molecule is O=C(Nc1ccc(C(F)(F)F)nc1)C1NCC2CCCC21. The van der Waals surface area contributed by atoms with E-state index in [0.717, 1.165) is 38.1 Å². The van der Waals surface area contributed by atoms with Gasteiger partial charge in [0.05, 0.1) is 17.9 Å². The number of carbonyl (C=O) groups is 1. The smallest absolute Gasteiger partial charge is 0.323 e. The summed E-state index contributed by atoms with van der Waals surface area (Å²) in [5.74, 6) is 0.699. The molecule has 2 heterocycles. The fourth-order valence-corrected chi connectivity index (χ4v) is 3.33. The Morgan fingerprint density at radius 3 is 2.81 bits per heavy atom. The van der Waals surface area contributed by atoms with Crippen molar-refractivity contribution < 1.29 is 18.0 Å². The topological polar surface area (TPSA) is 54.0 Å². The molecule has 114 valence electrons. The van der Waals surface area contributed by atoms with Crippen LogP contribution in [0, 0.1) is 11.8 Å². The predicted molar refractivity (Wildman–Crippen MR) is 70.5 cm³/mol. The van der Waals surface area contributed by atoms with Gasteiger partial charge in [0.25, 0.3) is 0 Å². The van der Waals surface area contributed by atoms with Crippen LogP contribution in [0.5, 0.6) is 0 Å². The zero-order chi connectivity index (χ0) is 15.0. The highest BCUT2D eigenvalue weighted by Gasteiger charge is 2.42. The van der Waals surface area contributed by atoms with Crippen LogP contribution in [0.3, 0.4) is 0 Å². The van der Waals surface area contributed by atoms with Crippen LogP contribution < -0.4 is 10.6 Å². The molecule has 0 spiro atoms. The minimum absolute atomic E-state index is 0.189. The van der Waals surface area contributed by atoms with Crippen molar-refractivity contribution in [2.45, 2.75) is 31.5 Å². The zero-order valence-electron chi connectivity index (χ0n) is 11.3. The molecular weight excluding hydrogens is 283 g/mol. The predicted octanol–water partition coefficient (Wildman–Crippen LogP) is 2.43. The van der Waals surface area contributed by atoms with E-state index in [0.29, 0.717) is 11.8 Å². The second-order valence-electron chi connectivity index (χ2n) is 5.66. The van der Waals surface area contributed by atoms with Gasteiger partial charge in [-0.05, 0) is 43.4 Å². The third kappa shape index (κ3) is 2.88. The average molecular weight is 299 g/mol. The lowest BCUT2D eigenvalue weighted by atomic mass is 9.93. The number of halogens is 3. The number of pyridine rings is 1. The number of fused-ring (bicyclic) bond motifs is 1. The molecule has 1 saturated heterocycles. The van der Waals surface area contributed by atoms with Gasteiger partial charge in [-0.15, -0.1) is 0 Å². The Bertz CT molecular complexity index is 529. The van der Waals surface area contributed by atoms with Crippen molar-refractivity contribution in [1.29, 1.82) is 0 Å². The van der Waals surface area contributed by atoms with E-state index in [1.807, 2.05) is 0 Å². The normalized spacial score (nSPS) is 28.4. The summed E-state index contributed by atoms with van der Waals surface area (Å²) in [6.07, 6.45) is -0.110. The highest BCUT2D eigenvalue weighted by atomic mass is 19.4. The van der Waals surface area contributed by atoms with Crippen LogP contribution in [-0.2, 0) is 11.0 Å². The summed E-state index contributed by atoms with van der Waals surface area (Å²) in [6, 6.07) is 1.85.